The molecule has 0 saturated heterocycles. The van der Waals surface area contributed by atoms with Crippen molar-refractivity contribution >= 4 is 29.2 Å². The summed E-state index contributed by atoms with van der Waals surface area (Å²) < 4.78 is 10.5. The minimum Gasteiger partial charge on any atom is -0.494 e. The Bertz CT molecular complexity index is 715. The fraction of sp³-hybridized carbons (Fsp3) is 0.222. The van der Waals surface area contributed by atoms with Gasteiger partial charge < -0.3 is 14.8 Å². The van der Waals surface area contributed by atoms with E-state index in [1.807, 2.05) is 6.92 Å². The molecule has 0 aromatic heterocycles. The molecule has 6 heteroatoms. The van der Waals surface area contributed by atoms with E-state index in [4.69, 9.17) is 21.1 Å². The standard InChI is InChI=1S/C18H18ClNO4/c1-3-23-14-10-8-13(9-11-14)20-17(21)12(2)24-18(22)15-6-4-5-7-16(15)19/h4-12H,3H2,1-2H3,(H,20,21)/t12-/m0/s1. The molecule has 2 rings (SSSR count). The lowest BCUT2D eigenvalue weighted by molar-refractivity contribution is -0.123. The van der Waals surface area contributed by atoms with Gasteiger partial charge in [-0.15, -0.1) is 0 Å². The summed E-state index contributed by atoms with van der Waals surface area (Å²) in [5, 5.41) is 2.96. The molecule has 0 fully saturated rings. The molecular weight excluding hydrogens is 330 g/mol. The van der Waals surface area contributed by atoms with E-state index >= 15 is 0 Å². The lowest BCUT2D eigenvalue weighted by Crippen LogP contribution is -2.30. The van der Waals surface area contributed by atoms with E-state index in [0.29, 0.717) is 18.0 Å². The maximum absolute atomic E-state index is 12.1. The first kappa shape index (κ1) is 17.8. The largest absolute Gasteiger partial charge is 0.494 e. The lowest BCUT2D eigenvalue weighted by atomic mass is 10.2. The normalized spacial score (nSPS) is 11.5. The number of benzene rings is 2. The molecule has 0 aliphatic carbocycles. The molecule has 0 radical (unpaired) electrons. The molecule has 0 saturated carbocycles. The number of amides is 1. The molecule has 24 heavy (non-hydrogen) atoms. The molecule has 2 aromatic carbocycles. The van der Waals surface area contributed by atoms with Gasteiger partial charge in [-0.2, -0.15) is 0 Å². The predicted octanol–water partition coefficient (Wildman–Crippen LogP) is 3.92. The summed E-state index contributed by atoms with van der Waals surface area (Å²) in [7, 11) is 0. The van der Waals surface area contributed by atoms with Gasteiger partial charge >= 0.3 is 5.97 Å². The topological polar surface area (TPSA) is 64.6 Å². The summed E-state index contributed by atoms with van der Waals surface area (Å²) in [6.07, 6.45) is -0.958. The number of anilines is 1. The minimum absolute atomic E-state index is 0.222. The maximum atomic E-state index is 12.1. The highest BCUT2D eigenvalue weighted by Gasteiger charge is 2.20. The van der Waals surface area contributed by atoms with Crippen molar-refractivity contribution in [3.8, 4) is 5.75 Å². The Balaban J connectivity index is 1.94. The number of esters is 1. The van der Waals surface area contributed by atoms with Crippen LogP contribution in [0.25, 0.3) is 0 Å². The van der Waals surface area contributed by atoms with Crippen LogP contribution in [-0.4, -0.2) is 24.6 Å². The molecule has 5 nitrogen and oxygen atoms in total. The van der Waals surface area contributed by atoms with Gasteiger partial charge in [0.1, 0.15) is 5.75 Å². The number of nitrogens with one attached hydrogen (secondary N) is 1. The van der Waals surface area contributed by atoms with Gasteiger partial charge in [-0.1, -0.05) is 23.7 Å². The van der Waals surface area contributed by atoms with Crippen LogP contribution in [0.2, 0.25) is 5.02 Å². The number of halogens is 1. The molecule has 0 aliphatic heterocycles. The van der Waals surface area contributed by atoms with Gasteiger partial charge in [0, 0.05) is 5.69 Å². The molecule has 0 heterocycles. The highest BCUT2D eigenvalue weighted by atomic mass is 35.5. The molecule has 2 aromatic rings. The smallest absolute Gasteiger partial charge is 0.340 e. The Morgan fingerprint density at radius 3 is 2.42 bits per heavy atom. The highest BCUT2D eigenvalue weighted by Crippen LogP contribution is 2.18. The second-order valence-electron chi connectivity index (χ2n) is 4.97. The average molecular weight is 348 g/mol. The van der Waals surface area contributed by atoms with Gasteiger partial charge in [-0.25, -0.2) is 4.79 Å². The van der Waals surface area contributed by atoms with Crippen molar-refractivity contribution in [1.29, 1.82) is 0 Å². The number of hydrogen-bond acceptors (Lipinski definition) is 4. The van der Waals surface area contributed by atoms with Crippen LogP contribution in [0.4, 0.5) is 5.69 Å². The van der Waals surface area contributed by atoms with Crippen molar-refractivity contribution < 1.29 is 19.1 Å². The van der Waals surface area contributed by atoms with Crippen LogP contribution in [0, 0.1) is 0 Å². The summed E-state index contributed by atoms with van der Waals surface area (Å²) >= 11 is 5.94. The molecule has 1 amide bonds. The third kappa shape index (κ3) is 4.73. The van der Waals surface area contributed by atoms with Gasteiger partial charge in [0.2, 0.25) is 0 Å². The van der Waals surface area contributed by atoms with E-state index < -0.39 is 18.0 Å². The van der Waals surface area contributed by atoms with Crippen molar-refractivity contribution in [2.24, 2.45) is 0 Å². The molecule has 1 N–H and O–H groups in total. The Kier molecular flexibility index (Phi) is 6.21. The fourth-order valence-corrected chi connectivity index (χ4v) is 2.16. The number of hydrogen-bond donors (Lipinski definition) is 1. The molecule has 1 atom stereocenters. The zero-order valence-corrected chi connectivity index (χ0v) is 14.2. The van der Waals surface area contributed by atoms with Crippen LogP contribution < -0.4 is 10.1 Å². The average Bonchev–Trinajstić information content (AvgIpc) is 2.57. The predicted molar refractivity (Wildman–Crippen MR) is 92.6 cm³/mol. The van der Waals surface area contributed by atoms with Crippen molar-refractivity contribution in [2.75, 3.05) is 11.9 Å². The summed E-state index contributed by atoms with van der Waals surface area (Å²) in [6, 6.07) is 13.4. The van der Waals surface area contributed by atoms with E-state index in [1.54, 1.807) is 48.5 Å². The lowest BCUT2D eigenvalue weighted by Gasteiger charge is -2.14. The summed E-state index contributed by atoms with van der Waals surface area (Å²) in [6.45, 7) is 3.96. The quantitative estimate of drug-likeness (QED) is 0.804. The van der Waals surface area contributed by atoms with Crippen LogP contribution in [0.1, 0.15) is 24.2 Å². The van der Waals surface area contributed by atoms with Gasteiger partial charge in [-0.3, -0.25) is 4.79 Å². The van der Waals surface area contributed by atoms with Gasteiger partial charge in [-0.05, 0) is 50.2 Å². The van der Waals surface area contributed by atoms with Crippen molar-refractivity contribution in [3.05, 3.63) is 59.1 Å². The first-order chi connectivity index (χ1) is 11.5. The van der Waals surface area contributed by atoms with Crippen LogP contribution in [0.3, 0.4) is 0 Å². The molecule has 0 unspecified atom stereocenters. The second-order valence-corrected chi connectivity index (χ2v) is 5.38. The molecule has 0 aliphatic rings. The first-order valence-electron chi connectivity index (χ1n) is 7.50. The molecule has 126 valence electrons. The Labute approximate surface area is 145 Å². The summed E-state index contributed by atoms with van der Waals surface area (Å²) in [4.78, 5) is 24.2. The van der Waals surface area contributed by atoms with Crippen LogP contribution >= 0.6 is 11.6 Å². The maximum Gasteiger partial charge on any atom is 0.340 e. The van der Waals surface area contributed by atoms with Crippen LogP contribution in [0.5, 0.6) is 5.75 Å². The zero-order valence-electron chi connectivity index (χ0n) is 13.4. The minimum atomic E-state index is -0.958. The van der Waals surface area contributed by atoms with Crippen LogP contribution in [0.15, 0.2) is 48.5 Å². The number of carbonyl (C=O) groups is 2. The van der Waals surface area contributed by atoms with Gasteiger partial charge in [0.25, 0.3) is 5.91 Å². The monoisotopic (exact) mass is 347 g/mol. The molecule has 0 spiro atoms. The molecular formula is C18H18ClNO4. The SMILES string of the molecule is CCOc1ccc(NC(=O)[C@H](C)OC(=O)c2ccccc2Cl)cc1. The Morgan fingerprint density at radius 2 is 1.79 bits per heavy atom. The van der Waals surface area contributed by atoms with Gasteiger partial charge in [0.05, 0.1) is 17.2 Å². The zero-order chi connectivity index (χ0) is 17.5. The Hall–Kier alpha value is -2.53. The fourth-order valence-electron chi connectivity index (χ4n) is 1.95. The highest BCUT2D eigenvalue weighted by molar-refractivity contribution is 6.33. The van der Waals surface area contributed by atoms with Crippen molar-refractivity contribution in [1.82, 2.24) is 0 Å². The third-order valence-corrected chi connectivity index (χ3v) is 3.51. The van der Waals surface area contributed by atoms with E-state index in [0.717, 1.165) is 0 Å². The van der Waals surface area contributed by atoms with Gasteiger partial charge in [0.15, 0.2) is 6.10 Å². The van der Waals surface area contributed by atoms with E-state index in [-0.39, 0.29) is 10.6 Å². The first-order valence-corrected chi connectivity index (χ1v) is 7.88. The van der Waals surface area contributed by atoms with E-state index in [9.17, 15) is 9.59 Å². The van der Waals surface area contributed by atoms with Crippen molar-refractivity contribution in [2.45, 2.75) is 20.0 Å². The van der Waals surface area contributed by atoms with E-state index in [2.05, 4.69) is 5.32 Å². The van der Waals surface area contributed by atoms with Crippen LogP contribution in [-0.2, 0) is 9.53 Å². The summed E-state index contributed by atoms with van der Waals surface area (Å²) in [5.41, 5.74) is 0.809. The Morgan fingerprint density at radius 1 is 1.12 bits per heavy atom. The van der Waals surface area contributed by atoms with Crippen molar-refractivity contribution in [3.63, 3.8) is 0 Å². The van der Waals surface area contributed by atoms with E-state index in [1.165, 1.54) is 6.92 Å². The number of rotatable bonds is 6. The third-order valence-electron chi connectivity index (χ3n) is 3.18. The molecule has 0 bridgehead atoms. The summed E-state index contributed by atoms with van der Waals surface area (Å²) in [5.74, 6) is -0.358. The second kappa shape index (κ2) is 8.36. The number of carbonyl (C=O) groups excluding carboxylic acids is 2. The number of ether oxygens (including phenoxy) is 2.